The molecule has 1 fully saturated rings. The number of anilines is 1. The average Bonchev–Trinajstić information content (AvgIpc) is 2.63. The minimum absolute atomic E-state index is 0.0225. The minimum Gasteiger partial charge on any atom is -0.507 e. The molecule has 1 aliphatic heterocycles. The normalized spacial score (nSPS) is 19.4. The lowest BCUT2D eigenvalue weighted by Gasteiger charge is -2.28. The number of aromatic hydroxyl groups is 1. The van der Waals surface area contributed by atoms with Crippen LogP contribution in [-0.2, 0) is 4.79 Å². The van der Waals surface area contributed by atoms with Crippen LogP contribution in [0.25, 0.3) is 11.3 Å². The van der Waals surface area contributed by atoms with E-state index in [2.05, 4.69) is 25.6 Å². The number of carboxylic acids is 1. The number of piperidine rings is 1. The molecule has 1 saturated heterocycles. The number of aromatic nitrogens is 2. The number of alkyl halides is 2. The molecule has 0 amide bonds. The number of phenolic OH excluding ortho intramolecular Hbond substituents is 1. The zero-order valence-corrected chi connectivity index (χ0v) is 15.0. The lowest BCUT2D eigenvalue weighted by molar-refractivity contribution is -0.140. The number of aliphatic carboxylic acids is 1. The van der Waals surface area contributed by atoms with Crippen LogP contribution in [0.2, 0.25) is 0 Å². The Hall–Kier alpha value is -3.01. The summed E-state index contributed by atoms with van der Waals surface area (Å²) >= 11 is 0. The van der Waals surface area contributed by atoms with Crippen LogP contribution in [0.3, 0.4) is 0 Å². The van der Waals surface area contributed by atoms with Crippen LogP contribution in [0.15, 0.2) is 24.3 Å². The van der Waals surface area contributed by atoms with Crippen LogP contribution >= 0.6 is 0 Å². The quantitative estimate of drug-likeness (QED) is 0.590. The van der Waals surface area contributed by atoms with Gasteiger partial charge in [0.1, 0.15) is 23.4 Å². The summed E-state index contributed by atoms with van der Waals surface area (Å²) in [7, 11) is 0. The van der Waals surface area contributed by atoms with Gasteiger partial charge in [0, 0.05) is 24.2 Å². The topological polar surface area (TPSA) is 117 Å². The second-order valence-electron chi connectivity index (χ2n) is 6.54. The summed E-state index contributed by atoms with van der Waals surface area (Å²) in [6, 6.07) is 5.10. The number of nitrogens with one attached hydrogen (secondary N) is 2. The van der Waals surface area contributed by atoms with Gasteiger partial charge in [0.15, 0.2) is 0 Å². The standard InChI is InChI=1S/C18H20F2N4O4/c1-9-6-15(22-10-2-5-13(17(26)27)21-8-10)23-24-16(9)12-4-3-11(7-14(12)25)28-18(19)20/h3-4,6-7,10,13,18,21,25H,2,5,8H2,1H3,(H,22,23)(H,26,27)/t10-,13-/m1/s1. The van der Waals surface area contributed by atoms with E-state index < -0.39 is 18.6 Å². The summed E-state index contributed by atoms with van der Waals surface area (Å²) in [6.07, 6.45) is 1.19. The first-order valence-electron chi connectivity index (χ1n) is 8.68. The summed E-state index contributed by atoms with van der Waals surface area (Å²) in [5.74, 6) is -0.723. The van der Waals surface area contributed by atoms with Crippen molar-refractivity contribution in [2.24, 2.45) is 0 Å². The lowest BCUT2D eigenvalue weighted by atomic mass is 10.0. The molecule has 150 valence electrons. The molecule has 2 heterocycles. The molecule has 8 nitrogen and oxygen atoms in total. The zero-order valence-electron chi connectivity index (χ0n) is 15.0. The Bertz CT molecular complexity index is 857. The highest BCUT2D eigenvalue weighted by Crippen LogP contribution is 2.33. The van der Waals surface area contributed by atoms with E-state index in [4.69, 9.17) is 5.11 Å². The van der Waals surface area contributed by atoms with Gasteiger partial charge >= 0.3 is 12.6 Å². The smallest absolute Gasteiger partial charge is 0.387 e. The van der Waals surface area contributed by atoms with Crippen molar-refractivity contribution < 1.29 is 28.5 Å². The number of rotatable bonds is 6. The van der Waals surface area contributed by atoms with Crippen LogP contribution in [0.1, 0.15) is 18.4 Å². The number of carbonyl (C=O) groups is 1. The Morgan fingerprint density at radius 2 is 2.11 bits per heavy atom. The number of hydrogen-bond acceptors (Lipinski definition) is 7. The third-order valence-corrected chi connectivity index (χ3v) is 4.50. The van der Waals surface area contributed by atoms with E-state index in [0.717, 1.165) is 11.6 Å². The summed E-state index contributed by atoms with van der Waals surface area (Å²) in [4.78, 5) is 11.0. The molecular formula is C18H20F2N4O4. The van der Waals surface area contributed by atoms with E-state index in [0.29, 0.717) is 36.5 Å². The average molecular weight is 394 g/mol. The summed E-state index contributed by atoms with van der Waals surface area (Å²) in [5.41, 5.74) is 1.49. The van der Waals surface area contributed by atoms with Crippen molar-refractivity contribution in [2.75, 3.05) is 11.9 Å². The second kappa shape index (κ2) is 8.34. The zero-order chi connectivity index (χ0) is 20.3. The van der Waals surface area contributed by atoms with Gasteiger partial charge in [-0.3, -0.25) is 4.79 Å². The van der Waals surface area contributed by atoms with Crippen molar-refractivity contribution in [1.29, 1.82) is 0 Å². The monoisotopic (exact) mass is 394 g/mol. The first kappa shape index (κ1) is 19.7. The SMILES string of the molecule is Cc1cc(N[C@@H]2CC[C@H](C(=O)O)NC2)nnc1-c1ccc(OC(F)F)cc1O. The molecule has 1 aliphatic rings. The summed E-state index contributed by atoms with van der Waals surface area (Å²) in [6.45, 7) is -0.693. The summed E-state index contributed by atoms with van der Waals surface area (Å²) in [5, 5.41) is 33.5. The van der Waals surface area contributed by atoms with Crippen molar-refractivity contribution in [3.8, 4) is 22.8 Å². The van der Waals surface area contributed by atoms with Crippen molar-refractivity contribution >= 4 is 11.8 Å². The fraction of sp³-hybridized carbons (Fsp3) is 0.389. The maximum absolute atomic E-state index is 12.3. The number of nitrogens with zero attached hydrogens (tertiary/aromatic N) is 2. The van der Waals surface area contributed by atoms with E-state index in [-0.39, 0.29) is 17.5 Å². The van der Waals surface area contributed by atoms with Gasteiger partial charge in [0.25, 0.3) is 0 Å². The fourth-order valence-corrected chi connectivity index (χ4v) is 3.11. The molecule has 4 N–H and O–H groups in total. The first-order valence-corrected chi connectivity index (χ1v) is 8.68. The summed E-state index contributed by atoms with van der Waals surface area (Å²) < 4.78 is 28.8. The highest BCUT2D eigenvalue weighted by atomic mass is 19.3. The third kappa shape index (κ3) is 4.63. The van der Waals surface area contributed by atoms with Gasteiger partial charge in [-0.25, -0.2) is 0 Å². The Balaban J connectivity index is 1.70. The molecule has 3 rings (SSSR count). The predicted octanol–water partition coefficient (Wildman–Crippen LogP) is 2.38. The highest BCUT2D eigenvalue weighted by Gasteiger charge is 2.25. The van der Waals surface area contributed by atoms with E-state index in [9.17, 15) is 18.7 Å². The van der Waals surface area contributed by atoms with Gasteiger partial charge in [-0.1, -0.05) is 0 Å². The Labute approximate surface area is 159 Å². The van der Waals surface area contributed by atoms with E-state index >= 15 is 0 Å². The minimum atomic E-state index is -2.97. The Morgan fingerprint density at radius 3 is 2.68 bits per heavy atom. The largest absolute Gasteiger partial charge is 0.507 e. The van der Waals surface area contributed by atoms with Gasteiger partial charge in [0.05, 0.1) is 5.69 Å². The molecule has 0 spiro atoms. The molecule has 1 aromatic carbocycles. The highest BCUT2D eigenvalue weighted by molar-refractivity contribution is 5.73. The van der Waals surface area contributed by atoms with Crippen LogP contribution in [0.5, 0.6) is 11.5 Å². The van der Waals surface area contributed by atoms with Gasteiger partial charge in [-0.05, 0) is 43.5 Å². The van der Waals surface area contributed by atoms with Gasteiger partial charge in [-0.2, -0.15) is 8.78 Å². The Morgan fingerprint density at radius 1 is 1.32 bits per heavy atom. The molecule has 2 atom stereocenters. The number of ether oxygens (including phenoxy) is 1. The van der Waals surface area contributed by atoms with Crippen molar-refractivity contribution in [1.82, 2.24) is 15.5 Å². The maximum atomic E-state index is 12.3. The number of carboxylic acid groups (broad SMARTS) is 1. The number of hydrogen-bond donors (Lipinski definition) is 4. The van der Waals surface area contributed by atoms with Crippen LogP contribution in [0.4, 0.5) is 14.6 Å². The Kier molecular flexibility index (Phi) is 5.88. The lowest BCUT2D eigenvalue weighted by Crippen LogP contribution is -2.48. The molecule has 0 unspecified atom stereocenters. The van der Waals surface area contributed by atoms with Gasteiger partial charge in [-0.15, -0.1) is 10.2 Å². The molecular weight excluding hydrogens is 374 g/mol. The van der Waals surface area contributed by atoms with Crippen LogP contribution in [-0.4, -0.2) is 51.6 Å². The van der Waals surface area contributed by atoms with E-state index in [1.165, 1.54) is 12.1 Å². The van der Waals surface area contributed by atoms with Crippen molar-refractivity contribution in [3.63, 3.8) is 0 Å². The van der Waals surface area contributed by atoms with Crippen molar-refractivity contribution in [2.45, 2.75) is 38.5 Å². The number of phenols is 1. The van der Waals surface area contributed by atoms with Gasteiger partial charge in [0.2, 0.25) is 0 Å². The molecule has 0 aliphatic carbocycles. The van der Waals surface area contributed by atoms with E-state index in [1.54, 1.807) is 13.0 Å². The molecule has 1 aromatic heterocycles. The number of benzene rings is 1. The van der Waals surface area contributed by atoms with Crippen LogP contribution in [0, 0.1) is 6.92 Å². The number of aryl methyl sites for hydroxylation is 1. The molecule has 28 heavy (non-hydrogen) atoms. The molecule has 0 radical (unpaired) electrons. The third-order valence-electron chi connectivity index (χ3n) is 4.50. The molecule has 2 aromatic rings. The second-order valence-corrected chi connectivity index (χ2v) is 6.54. The molecule has 0 saturated carbocycles. The molecule has 10 heteroatoms. The van der Waals surface area contributed by atoms with Crippen molar-refractivity contribution in [3.05, 3.63) is 29.8 Å². The molecule has 0 bridgehead atoms. The number of halogens is 2. The fourth-order valence-electron chi connectivity index (χ4n) is 3.11. The maximum Gasteiger partial charge on any atom is 0.387 e. The first-order chi connectivity index (χ1) is 13.3. The van der Waals surface area contributed by atoms with E-state index in [1.807, 2.05) is 0 Å². The van der Waals surface area contributed by atoms with Gasteiger partial charge < -0.3 is 25.6 Å². The predicted molar refractivity (Wildman–Crippen MR) is 96.6 cm³/mol. The van der Waals surface area contributed by atoms with Crippen LogP contribution < -0.4 is 15.4 Å².